The van der Waals surface area contributed by atoms with Crippen LogP contribution in [0.3, 0.4) is 0 Å². The van der Waals surface area contributed by atoms with Crippen LogP contribution in [0.1, 0.15) is 0 Å². The van der Waals surface area contributed by atoms with E-state index >= 15 is 0 Å². The average Bonchev–Trinajstić information content (AvgIpc) is 3.07. The van der Waals surface area contributed by atoms with Crippen LogP contribution in [0.25, 0.3) is 0 Å². The largest absolute Gasteiger partial charge is 2.00 e. The van der Waals surface area contributed by atoms with Crippen LogP contribution in [-0.4, -0.2) is 29.9 Å². The minimum atomic E-state index is -4.94. The van der Waals surface area contributed by atoms with Gasteiger partial charge in [0.1, 0.15) is 34.9 Å². The van der Waals surface area contributed by atoms with E-state index in [1.165, 1.54) is 0 Å². The number of aromatic nitrogens is 6. The van der Waals surface area contributed by atoms with Gasteiger partial charge in [-0.25, -0.2) is 67.2 Å². The van der Waals surface area contributed by atoms with E-state index in [1.54, 1.807) is 37.2 Å². The van der Waals surface area contributed by atoms with Crippen molar-refractivity contribution in [3.8, 4) is 0 Å². The number of anilines is 6. The Morgan fingerprint density at radius 3 is 0.540 bits per heavy atom. The van der Waals surface area contributed by atoms with Crippen molar-refractivity contribution in [2.45, 2.75) is 0 Å². The van der Waals surface area contributed by atoms with E-state index in [4.69, 9.17) is 37.3 Å². The van der Waals surface area contributed by atoms with E-state index in [1.807, 2.05) is 109 Å². The van der Waals surface area contributed by atoms with Gasteiger partial charge in [-0.3, -0.25) is 0 Å². The summed E-state index contributed by atoms with van der Waals surface area (Å²) in [6.07, 6.45) is 10.4. The fourth-order valence-electron chi connectivity index (χ4n) is 3.01. The second-order valence-electron chi connectivity index (χ2n) is 8.42. The minimum absolute atomic E-state index is 0. The van der Waals surface area contributed by atoms with Crippen LogP contribution in [-0.2, 0) is 17.1 Å². The maximum atomic E-state index is 8.49. The molecule has 0 spiro atoms. The summed E-state index contributed by atoms with van der Waals surface area (Å²) in [5, 5.41) is 9.24. The van der Waals surface area contributed by atoms with Gasteiger partial charge in [0, 0.05) is 37.2 Å². The van der Waals surface area contributed by atoms with Crippen LogP contribution in [0.4, 0.5) is 34.9 Å². The topological polar surface area (TPSA) is 298 Å². The van der Waals surface area contributed by atoms with Crippen molar-refractivity contribution < 1.29 is 74.8 Å². The van der Waals surface area contributed by atoms with Gasteiger partial charge < -0.3 is 16.0 Å². The van der Waals surface area contributed by atoms with Crippen molar-refractivity contribution >= 4 is 34.9 Å². The maximum Gasteiger partial charge on any atom is 2.00 e. The Bertz CT molecular complexity index is 1350. The van der Waals surface area contributed by atoms with Crippen molar-refractivity contribution in [3.05, 3.63) is 146 Å². The SMILES string of the molecule is [Fe+2].[O-][Cl+3]([O-])([O-])[O-].[O-][Cl+3]([O-])([O-])[O-].c1ccc(Nc2ccccn2)nc1.c1ccc(Nc2ccccn2)nc1.c1ccc(Nc2ccccn2)nc1. The van der Waals surface area contributed by atoms with E-state index in [0.717, 1.165) is 34.9 Å². The summed E-state index contributed by atoms with van der Waals surface area (Å²) >= 11 is 0. The molecule has 3 N–H and O–H groups in total. The van der Waals surface area contributed by atoms with E-state index in [2.05, 4.69) is 45.9 Å². The fourth-order valence-corrected chi connectivity index (χ4v) is 3.01. The Labute approximate surface area is 301 Å². The van der Waals surface area contributed by atoms with Crippen LogP contribution < -0.4 is 53.2 Å². The molecule has 0 radical (unpaired) electrons. The van der Waals surface area contributed by atoms with Crippen LogP contribution in [0, 0.1) is 20.5 Å². The molecule has 0 aliphatic carbocycles. The molecule has 20 heteroatoms. The molecule has 6 rings (SSSR count). The third-order valence-electron chi connectivity index (χ3n) is 4.76. The van der Waals surface area contributed by atoms with Gasteiger partial charge in [-0.2, -0.15) is 0 Å². The van der Waals surface area contributed by atoms with Gasteiger partial charge in [0.25, 0.3) is 0 Å². The molecule has 0 saturated heterocycles. The first-order chi connectivity index (χ1) is 23.3. The van der Waals surface area contributed by atoms with E-state index in [9.17, 15) is 0 Å². The Morgan fingerprint density at radius 2 is 0.440 bits per heavy atom. The standard InChI is InChI=1S/3C10H9N3.2ClHO4.Fe/c3*1-3-7-11-9(5-1)13-10-6-2-4-8-12-10;2*2-1(3,4)5;/h3*1-8H,(H,11,12,13);2*(H,2,3,4,5);/q;;;;;+2/p-2. The monoisotopic (exact) mass is 767 g/mol. The van der Waals surface area contributed by atoms with Gasteiger partial charge >= 0.3 is 17.1 Å². The molecule has 262 valence electrons. The van der Waals surface area contributed by atoms with Gasteiger partial charge in [0.15, 0.2) is 0 Å². The van der Waals surface area contributed by atoms with Crippen LogP contribution in [0.15, 0.2) is 146 Å². The van der Waals surface area contributed by atoms with Gasteiger partial charge in [0.2, 0.25) is 0 Å². The molecule has 6 aromatic rings. The van der Waals surface area contributed by atoms with Gasteiger partial charge in [-0.15, -0.1) is 20.5 Å². The van der Waals surface area contributed by atoms with E-state index in [-0.39, 0.29) is 17.1 Å². The first-order valence-electron chi connectivity index (χ1n) is 13.4. The van der Waals surface area contributed by atoms with Crippen LogP contribution in [0.5, 0.6) is 0 Å². The quantitative estimate of drug-likeness (QED) is 0.144. The summed E-state index contributed by atoms with van der Waals surface area (Å²) in [7, 11) is -9.89. The van der Waals surface area contributed by atoms with Gasteiger partial charge in [0.05, 0.1) is 0 Å². The normalized spacial score (nSPS) is 9.84. The molecular weight excluding hydrogens is 741 g/mol. The Hall–Kier alpha value is -4.92. The van der Waals surface area contributed by atoms with Gasteiger partial charge in [-0.1, -0.05) is 36.4 Å². The number of pyridine rings is 6. The van der Waals surface area contributed by atoms with Crippen LogP contribution >= 0.6 is 0 Å². The summed E-state index contributed by atoms with van der Waals surface area (Å²) in [4.78, 5) is 24.7. The fraction of sp³-hybridized carbons (Fsp3) is 0. The maximum absolute atomic E-state index is 8.49. The number of halogens is 2. The van der Waals surface area contributed by atoms with Crippen molar-refractivity contribution in [3.63, 3.8) is 0 Å². The smallest absolute Gasteiger partial charge is 0.325 e. The molecule has 6 heterocycles. The second kappa shape index (κ2) is 24.3. The molecule has 0 aliphatic rings. The first kappa shape index (κ1) is 43.1. The zero-order valence-electron chi connectivity index (χ0n) is 25.4. The summed E-state index contributed by atoms with van der Waals surface area (Å²) in [5.74, 6) is 4.84. The average molecular weight is 768 g/mol. The third kappa shape index (κ3) is 25.1. The Kier molecular flexibility index (Phi) is 20.9. The van der Waals surface area contributed by atoms with Crippen molar-refractivity contribution in [1.82, 2.24) is 29.9 Å². The molecule has 0 bridgehead atoms. The number of nitrogens with zero attached hydrogens (tertiary/aromatic N) is 6. The van der Waals surface area contributed by atoms with Gasteiger partial charge in [-0.05, 0) is 72.8 Å². The number of rotatable bonds is 6. The predicted molar refractivity (Wildman–Crippen MR) is 155 cm³/mol. The zero-order chi connectivity index (χ0) is 35.8. The summed E-state index contributed by atoms with van der Waals surface area (Å²) in [5.41, 5.74) is 0. The van der Waals surface area contributed by atoms with Crippen LogP contribution in [0.2, 0.25) is 0 Å². The molecule has 0 aliphatic heterocycles. The molecule has 0 aromatic carbocycles. The molecule has 50 heavy (non-hydrogen) atoms. The Balaban J connectivity index is 0.000000328. The molecule has 0 atom stereocenters. The zero-order valence-corrected chi connectivity index (χ0v) is 28.0. The first-order valence-corrected chi connectivity index (χ1v) is 15.8. The van der Waals surface area contributed by atoms with Crippen molar-refractivity contribution in [2.75, 3.05) is 16.0 Å². The molecule has 17 nitrogen and oxygen atoms in total. The predicted octanol–water partition coefficient (Wildman–Crippen LogP) is -2.85. The minimum Gasteiger partial charge on any atom is -0.325 e. The summed E-state index contributed by atoms with van der Waals surface area (Å²) in [6.45, 7) is 0. The third-order valence-corrected chi connectivity index (χ3v) is 4.76. The molecule has 0 unspecified atom stereocenters. The summed E-state index contributed by atoms with van der Waals surface area (Å²) < 4.78 is 67.9. The number of hydrogen-bond acceptors (Lipinski definition) is 17. The number of nitrogens with one attached hydrogen (secondary N) is 3. The molecule has 0 saturated carbocycles. The molecule has 0 amide bonds. The summed E-state index contributed by atoms with van der Waals surface area (Å²) in [6, 6.07) is 34.2. The van der Waals surface area contributed by atoms with Crippen molar-refractivity contribution in [2.24, 2.45) is 0 Å². The van der Waals surface area contributed by atoms with Crippen molar-refractivity contribution in [1.29, 1.82) is 0 Å². The molecular formula is C30H27Cl2FeN9O8. The second-order valence-corrected chi connectivity index (χ2v) is 9.93. The number of hydrogen-bond donors (Lipinski definition) is 3. The Morgan fingerprint density at radius 1 is 0.300 bits per heavy atom. The van der Waals surface area contributed by atoms with E-state index < -0.39 is 20.5 Å². The molecule has 0 fully saturated rings. The molecule has 6 aromatic heterocycles. The van der Waals surface area contributed by atoms with E-state index in [0.29, 0.717) is 0 Å².